The minimum Gasteiger partial charge on any atom is -0.256 e. The summed E-state index contributed by atoms with van der Waals surface area (Å²) in [5.41, 5.74) is 3.87. The minimum atomic E-state index is 1.12. The van der Waals surface area contributed by atoms with Gasteiger partial charge in [-0.05, 0) is 36.1 Å². The topological polar surface area (TPSA) is 12.9 Å². The lowest BCUT2D eigenvalue weighted by Gasteiger charge is -2.04. The van der Waals surface area contributed by atoms with E-state index in [1.165, 1.54) is 29.4 Å². The maximum absolute atomic E-state index is 4.54. The first kappa shape index (κ1) is 11.1. The molecule has 0 aliphatic rings. The molecule has 0 saturated carbocycles. The fourth-order valence-electron chi connectivity index (χ4n) is 2.08. The summed E-state index contributed by atoms with van der Waals surface area (Å²) in [7, 11) is 0. The van der Waals surface area contributed by atoms with Crippen molar-refractivity contribution >= 4 is 10.9 Å². The Morgan fingerprint density at radius 2 is 1.69 bits per heavy atom. The Labute approximate surface area is 97.5 Å². The Morgan fingerprint density at radius 1 is 0.938 bits per heavy atom. The minimum absolute atomic E-state index is 1.12. The molecule has 1 aromatic carbocycles. The highest BCUT2D eigenvalue weighted by molar-refractivity contribution is 5.79. The molecule has 0 aliphatic carbocycles. The molecule has 1 heteroatoms. The predicted octanol–water partition coefficient (Wildman–Crippen LogP) is 4.14. The molecule has 1 aromatic heterocycles. The Kier molecular flexibility index (Phi) is 3.55. The van der Waals surface area contributed by atoms with Crippen LogP contribution in [0.4, 0.5) is 0 Å². The zero-order chi connectivity index (χ0) is 11.4. The highest BCUT2D eigenvalue weighted by Crippen LogP contribution is 2.17. The van der Waals surface area contributed by atoms with Gasteiger partial charge in [-0.1, -0.05) is 38.8 Å². The molecule has 0 unspecified atom stereocenters. The van der Waals surface area contributed by atoms with Gasteiger partial charge >= 0.3 is 0 Å². The summed E-state index contributed by atoms with van der Waals surface area (Å²) in [6.07, 6.45) is 6.66. The zero-order valence-electron chi connectivity index (χ0n) is 10.2. The third kappa shape index (κ3) is 2.41. The molecular formula is C15H19N. The summed E-state index contributed by atoms with van der Waals surface area (Å²) in [5, 5.41) is 1.27. The van der Waals surface area contributed by atoms with Crippen molar-refractivity contribution in [1.29, 1.82) is 0 Å². The molecule has 2 rings (SSSR count). The van der Waals surface area contributed by atoms with E-state index in [4.69, 9.17) is 0 Å². The van der Waals surface area contributed by atoms with Crippen LogP contribution in [0, 0.1) is 0 Å². The van der Waals surface area contributed by atoms with E-state index in [0.29, 0.717) is 0 Å². The largest absolute Gasteiger partial charge is 0.256 e. The van der Waals surface area contributed by atoms with E-state index in [1.807, 2.05) is 6.20 Å². The Balaban J connectivity index is 2.36. The first-order valence-electron chi connectivity index (χ1n) is 6.21. The van der Waals surface area contributed by atoms with Crippen molar-refractivity contribution in [3.8, 4) is 0 Å². The van der Waals surface area contributed by atoms with E-state index >= 15 is 0 Å². The first-order chi connectivity index (χ1) is 7.83. The quantitative estimate of drug-likeness (QED) is 0.743. The summed E-state index contributed by atoms with van der Waals surface area (Å²) in [4.78, 5) is 4.54. The van der Waals surface area contributed by atoms with Crippen molar-refractivity contribution in [3.63, 3.8) is 0 Å². The third-order valence-corrected chi connectivity index (χ3v) is 2.88. The van der Waals surface area contributed by atoms with Crippen molar-refractivity contribution in [1.82, 2.24) is 4.98 Å². The fraction of sp³-hybridized carbons (Fsp3) is 0.400. The van der Waals surface area contributed by atoms with Gasteiger partial charge < -0.3 is 0 Å². The number of nitrogens with zero attached hydrogens (tertiary/aromatic N) is 1. The third-order valence-electron chi connectivity index (χ3n) is 2.88. The van der Waals surface area contributed by atoms with Crippen LogP contribution in [0.2, 0.25) is 0 Å². The zero-order valence-corrected chi connectivity index (χ0v) is 10.2. The molecule has 16 heavy (non-hydrogen) atoms. The summed E-state index contributed by atoms with van der Waals surface area (Å²) in [5.74, 6) is 0. The van der Waals surface area contributed by atoms with Crippen LogP contribution in [0.25, 0.3) is 10.9 Å². The lowest BCUT2D eigenvalue weighted by molar-refractivity contribution is 0.915. The van der Waals surface area contributed by atoms with Crippen LogP contribution in [0.5, 0.6) is 0 Å². The molecule has 0 atom stereocenters. The van der Waals surface area contributed by atoms with Gasteiger partial charge in [0.05, 0.1) is 5.52 Å². The fourth-order valence-corrected chi connectivity index (χ4v) is 2.08. The number of hydrogen-bond acceptors (Lipinski definition) is 1. The number of rotatable bonds is 4. The molecule has 0 radical (unpaired) electrons. The van der Waals surface area contributed by atoms with Crippen LogP contribution in [0.15, 0.2) is 30.5 Å². The molecule has 2 aromatic rings. The van der Waals surface area contributed by atoms with E-state index < -0.39 is 0 Å². The second-order valence-electron chi connectivity index (χ2n) is 4.37. The SMILES string of the molecule is CCCc1cnc2cc(CCC)ccc2c1. The van der Waals surface area contributed by atoms with Gasteiger partial charge in [0.15, 0.2) is 0 Å². The summed E-state index contributed by atoms with van der Waals surface area (Å²) in [6, 6.07) is 8.91. The van der Waals surface area contributed by atoms with Gasteiger partial charge in [0.2, 0.25) is 0 Å². The molecule has 1 nitrogen and oxygen atoms in total. The smallest absolute Gasteiger partial charge is 0.0704 e. The average Bonchev–Trinajstić information content (AvgIpc) is 2.30. The van der Waals surface area contributed by atoms with Gasteiger partial charge in [0.25, 0.3) is 0 Å². The summed E-state index contributed by atoms with van der Waals surface area (Å²) in [6.45, 7) is 4.41. The van der Waals surface area contributed by atoms with Crippen molar-refractivity contribution in [2.24, 2.45) is 0 Å². The van der Waals surface area contributed by atoms with Crippen molar-refractivity contribution in [3.05, 3.63) is 41.6 Å². The molecule has 0 fully saturated rings. The van der Waals surface area contributed by atoms with Gasteiger partial charge in [0.1, 0.15) is 0 Å². The number of fused-ring (bicyclic) bond motifs is 1. The maximum atomic E-state index is 4.54. The number of aryl methyl sites for hydroxylation is 2. The average molecular weight is 213 g/mol. The van der Waals surface area contributed by atoms with E-state index in [1.54, 1.807) is 0 Å². The maximum Gasteiger partial charge on any atom is 0.0704 e. The Morgan fingerprint density at radius 3 is 2.44 bits per heavy atom. The number of benzene rings is 1. The predicted molar refractivity (Wildman–Crippen MR) is 69.7 cm³/mol. The Bertz CT molecular complexity index is 429. The molecule has 1 heterocycles. The second-order valence-corrected chi connectivity index (χ2v) is 4.37. The van der Waals surface area contributed by atoms with Crippen molar-refractivity contribution < 1.29 is 0 Å². The number of hydrogen-bond donors (Lipinski definition) is 0. The molecule has 0 spiro atoms. The highest BCUT2D eigenvalue weighted by atomic mass is 14.6. The molecule has 0 bridgehead atoms. The molecule has 0 aliphatic heterocycles. The highest BCUT2D eigenvalue weighted by Gasteiger charge is 1.99. The van der Waals surface area contributed by atoms with E-state index in [9.17, 15) is 0 Å². The molecular weight excluding hydrogens is 194 g/mol. The summed E-state index contributed by atoms with van der Waals surface area (Å²) >= 11 is 0. The normalized spacial score (nSPS) is 10.9. The van der Waals surface area contributed by atoms with E-state index in [-0.39, 0.29) is 0 Å². The van der Waals surface area contributed by atoms with E-state index in [0.717, 1.165) is 18.4 Å². The summed E-state index contributed by atoms with van der Waals surface area (Å²) < 4.78 is 0. The van der Waals surface area contributed by atoms with Crippen LogP contribution in [0.1, 0.15) is 37.8 Å². The second kappa shape index (κ2) is 5.11. The standard InChI is InChI=1S/C15H19N/c1-3-5-12-7-8-14-9-13(6-4-2)11-16-15(14)10-12/h7-11H,3-6H2,1-2H3. The number of aromatic nitrogens is 1. The van der Waals surface area contributed by atoms with Crippen molar-refractivity contribution in [2.45, 2.75) is 39.5 Å². The van der Waals surface area contributed by atoms with Crippen LogP contribution >= 0.6 is 0 Å². The monoisotopic (exact) mass is 213 g/mol. The van der Waals surface area contributed by atoms with Crippen molar-refractivity contribution in [2.75, 3.05) is 0 Å². The van der Waals surface area contributed by atoms with Gasteiger partial charge in [-0.25, -0.2) is 0 Å². The van der Waals surface area contributed by atoms with Gasteiger partial charge in [-0.15, -0.1) is 0 Å². The number of pyridine rings is 1. The van der Waals surface area contributed by atoms with Crippen LogP contribution in [-0.2, 0) is 12.8 Å². The Hall–Kier alpha value is -1.37. The van der Waals surface area contributed by atoms with Gasteiger partial charge in [-0.2, -0.15) is 0 Å². The van der Waals surface area contributed by atoms with Crippen LogP contribution in [-0.4, -0.2) is 4.98 Å². The lowest BCUT2D eigenvalue weighted by atomic mass is 10.1. The molecule has 0 saturated heterocycles. The van der Waals surface area contributed by atoms with Gasteiger partial charge in [0, 0.05) is 11.6 Å². The van der Waals surface area contributed by atoms with Gasteiger partial charge in [-0.3, -0.25) is 4.98 Å². The molecule has 0 N–H and O–H groups in total. The molecule has 84 valence electrons. The molecule has 0 amide bonds. The van der Waals surface area contributed by atoms with E-state index in [2.05, 4.69) is 43.1 Å². The van der Waals surface area contributed by atoms with Crippen LogP contribution in [0.3, 0.4) is 0 Å². The lowest BCUT2D eigenvalue weighted by Crippen LogP contribution is -1.89. The van der Waals surface area contributed by atoms with Crippen LogP contribution < -0.4 is 0 Å². The first-order valence-corrected chi connectivity index (χ1v) is 6.21.